The van der Waals surface area contributed by atoms with Gasteiger partial charge in [0.15, 0.2) is 0 Å². The van der Waals surface area contributed by atoms with Crippen molar-refractivity contribution >= 4 is 44.5 Å². The van der Waals surface area contributed by atoms with E-state index in [9.17, 15) is 14.4 Å². The quantitative estimate of drug-likeness (QED) is 0.279. The van der Waals surface area contributed by atoms with E-state index in [1.807, 2.05) is 53.2 Å². The molecule has 1 N–H and O–H groups in total. The zero-order valence-electron chi connectivity index (χ0n) is 16.3. The summed E-state index contributed by atoms with van der Waals surface area (Å²) in [5, 5.41) is 13.3. The molecule has 6 heteroatoms. The molecule has 0 spiro atoms. The summed E-state index contributed by atoms with van der Waals surface area (Å²) in [6.07, 6.45) is 3.50. The molecule has 1 aromatic heterocycles. The number of benzene rings is 3. The summed E-state index contributed by atoms with van der Waals surface area (Å²) in [6, 6.07) is 23.3. The Morgan fingerprint density at radius 2 is 1.77 bits per heavy atom. The van der Waals surface area contributed by atoms with Crippen molar-refractivity contribution < 1.29 is 9.18 Å². The van der Waals surface area contributed by atoms with Crippen LogP contribution in [0.3, 0.4) is 0 Å². The molecule has 0 saturated carbocycles. The Hall–Kier alpha value is -3.69. The fourth-order valence-corrected chi connectivity index (χ4v) is 3.61. The number of nitrogens with one attached hydrogen (secondary N) is 1. The maximum absolute atomic E-state index is 13.2. The van der Waals surface area contributed by atoms with Crippen LogP contribution in [0.4, 0.5) is 10.1 Å². The van der Waals surface area contributed by atoms with E-state index >= 15 is 0 Å². The second-order valence-corrected chi connectivity index (χ2v) is 7.90. The Morgan fingerprint density at radius 3 is 2.48 bits per heavy atom. The third-order valence-electron chi connectivity index (χ3n) is 4.85. The number of hydrogen-bond acceptors (Lipinski definition) is 2. The van der Waals surface area contributed by atoms with Gasteiger partial charge in [0.1, 0.15) is 17.5 Å². The first kappa shape index (κ1) is 20.6. The van der Waals surface area contributed by atoms with Crippen LogP contribution in [-0.2, 0) is 11.3 Å². The van der Waals surface area contributed by atoms with Crippen LogP contribution >= 0.6 is 15.9 Å². The Balaban J connectivity index is 1.66. The fraction of sp³-hybridized carbons (Fsp3) is 0.0400. The van der Waals surface area contributed by atoms with Gasteiger partial charge in [-0.1, -0.05) is 46.3 Å². The molecule has 152 valence electrons. The van der Waals surface area contributed by atoms with Crippen LogP contribution in [0.15, 0.2) is 89.0 Å². The smallest absolute Gasteiger partial charge is 0.266 e. The van der Waals surface area contributed by atoms with Crippen LogP contribution < -0.4 is 5.32 Å². The number of fused-ring (bicyclic) bond motifs is 1. The molecule has 1 heterocycles. The molecular weight excluding hydrogens is 457 g/mol. The molecule has 1 amide bonds. The van der Waals surface area contributed by atoms with E-state index in [-0.39, 0.29) is 11.4 Å². The molecule has 0 aliphatic rings. The van der Waals surface area contributed by atoms with Crippen LogP contribution in [-0.4, -0.2) is 10.5 Å². The topological polar surface area (TPSA) is 57.8 Å². The predicted octanol–water partition coefficient (Wildman–Crippen LogP) is 6.14. The van der Waals surface area contributed by atoms with Crippen molar-refractivity contribution in [2.45, 2.75) is 6.54 Å². The number of halogens is 2. The summed E-state index contributed by atoms with van der Waals surface area (Å²) >= 11 is 3.35. The highest BCUT2D eigenvalue weighted by molar-refractivity contribution is 9.10. The number of nitriles is 1. The van der Waals surface area contributed by atoms with Gasteiger partial charge in [-0.05, 0) is 54.1 Å². The van der Waals surface area contributed by atoms with Crippen LogP contribution in [0, 0.1) is 17.1 Å². The number of nitrogens with zero attached hydrogens (tertiary/aromatic N) is 2. The van der Waals surface area contributed by atoms with Crippen molar-refractivity contribution in [3.05, 3.63) is 106 Å². The lowest BCUT2D eigenvalue weighted by Gasteiger charge is -2.05. The summed E-state index contributed by atoms with van der Waals surface area (Å²) in [6.45, 7) is 0.543. The first-order valence-corrected chi connectivity index (χ1v) is 10.3. The van der Waals surface area contributed by atoms with Gasteiger partial charge in [-0.3, -0.25) is 4.79 Å². The fourth-order valence-electron chi connectivity index (χ4n) is 3.34. The van der Waals surface area contributed by atoms with E-state index in [4.69, 9.17) is 0 Å². The average Bonchev–Trinajstić information content (AvgIpc) is 3.12. The number of amides is 1. The highest BCUT2D eigenvalue weighted by Gasteiger charge is 2.13. The lowest BCUT2D eigenvalue weighted by atomic mass is 10.1. The summed E-state index contributed by atoms with van der Waals surface area (Å²) in [5.74, 6) is -0.750. The van der Waals surface area contributed by atoms with Crippen molar-refractivity contribution in [3.8, 4) is 6.07 Å². The Morgan fingerprint density at radius 1 is 1.06 bits per heavy atom. The molecule has 4 aromatic rings. The van der Waals surface area contributed by atoms with Gasteiger partial charge in [-0.15, -0.1) is 0 Å². The zero-order valence-corrected chi connectivity index (χ0v) is 17.9. The number of anilines is 1. The van der Waals surface area contributed by atoms with Gasteiger partial charge in [0.25, 0.3) is 5.91 Å². The first-order chi connectivity index (χ1) is 15.0. The molecule has 0 aliphatic carbocycles. The van der Waals surface area contributed by atoms with Gasteiger partial charge in [-0.2, -0.15) is 5.26 Å². The normalized spacial score (nSPS) is 11.3. The molecule has 3 aromatic carbocycles. The largest absolute Gasteiger partial charge is 0.342 e. The standard InChI is InChI=1S/C25H17BrFN3O/c26-20-7-11-22(12-8-20)29-25(31)18(14-28)13-19-16-30(24-4-2-1-3-23(19)24)15-17-5-9-21(27)10-6-17/h1-13,16H,15H2,(H,29,31)/b18-13-. The minimum Gasteiger partial charge on any atom is -0.342 e. The van der Waals surface area contributed by atoms with Gasteiger partial charge < -0.3 is 9.88 Å². The van der Waals surface area contributed by atoms with Gasteiger partial charge in [0.2, 0.25) is 0 Å². The van der Waals surface area contributed by atoms with Crippen molar-refractivity contribution in [1.29, 1.82) is 5.26 Å². The third kappa shape index (κ3) is 4.73. The number of rotatable bonds is 5. The number of hydrogen-bond donors (Lipinski definition) is 1. The Bertz CT molecular complexity index is 1320. The van der Waals surface area contributed by atoms with Crippen molar-refractivity contribution in [2.75, 3.05) is 5.32 Å². The van der Waals surface area contributed by atoms with Gasteiger partial charge in [0.05, 0.1) is 0 Å². The number of carbonyl (C=O) groups is 1. The summed E-state index contributed by atoms with van der Waals surface area (Å²) in [4.78, 5) is 12.6. The average molecular weight is 474 g/mol. The van der Waals surface area contributed by atoms with E-state index in [1.165, 1.54) is 12.1 Å². The van der Waals surface area contributed by atoms with Crippen molar-refractivity contribution in [2.24, 2.45) is 0 Å². The molecule has 0 unspecified atom stereocenters. The van der Waals surface area contributed by atoms with Crippen molar-refractivity contribution in [3.63, 3.8) is 0 Å². The lowest BCUT2D eigenvalue weighted by Crippen LogP contribution is -2.13. The molecule has 0 saturated heterocycles. The lowest BCUT2D eigenvalue weighted by molar-refractivity contribution is -0.112. The van der Waals surface area contributed by atoms with Crippen LogP contribution in [0.2, 0.25) is 0 Å². The second kappa shape index (κ2) is 8.99. The van der Waals surface area contributed by atoms with E-state index in [2.05, 4.69) is 21.2 Å². The third-order valence-corrected chi connectivity index (χ3v) is 5.38. The molecule has 4 nitrogen and oxygen atoms in total. The zero-order chi connectivity index (χ0) is 21.8. The highest BCUT2D eigenvalue weighted by Crippen LogP contribution is 2.25. The van der Waals surface area contributed by atoms with Crippen LogP contribution in [0.1, 0.15) is 11.1 Å². The summed E-state index contributed by atoms with van der Waals surface area (Å²) in [5.41, 5.74) is 3.29. The van der Waals surface area contributed by atoms with Crippen LogP contribution in [0.5, 0.6) is 0 Å². The molecule has 0 fully saturated rings. The number of aromatic nitrogens is 1. The minimum atomic E-state index is -0.472. The van der Waals surface area contributed by atoms with Crippen LogP contribution in [0.25, 0.3) is 17.0 Å². The molecular formula is C25H17BrFN3O. The summed E-state index contributed by atoms with van der Waals surface area (Å²) < 4.78 is 16.2. The maximum atomic E-state index is 13.2. The second-order valence-electron chi connectivity index (χ2n) is 6.99. The molecule has 4 rings (SSSR count). The predicted molar refractivity (Wildman–Crippen MR) is 124 cm³/mol. The number of carbonyl (C=O) groups excluding carboxylic acids is 1. The monoisotopic (exact) mass is 473 g/mol. The van der Waals surface area contributed by atoms with Gasteiger partial charge in [0, 0.05) is 39.4 Å². The molecule has 0 atom stereocenters. The van der Waals surface area contributed by atoms with E-state index in [0.717, 1.165) is 26.5 Å². The minimum absolute atomic E-state index is 0.00704. The van der Waals surface area contributed by atoms with Crippen molar-refractivity contribution in [1.82, 2.24) is 4.57 Å². The van der Waals surface area contributed by atoms with E-state index in [0.29, 0.717) is 12.2 Å². The van der Waals surface area contributed by atoms with E-state index in [1.54, 1.807) is 30.3 Å². The Labute approximate surface area is 187 Å². The molecule has 0 aliphatic heterocycles. The Kier molecular flexibility index (Phi) is 5.96. The maximum Gasteiger partial charge on any atom is 0.266 e. The van der Waals surface area contributed by atoms with Gasteiger partial charge >= 0.3 is 0 Å². The van der Waals surface area contributed by atoms with Gasteiger partial charge in [-0.25, -0.2) is 4.39 Å². The van der Waals surface area contributed by atoms with E-state index < -0.39 is 5.91 Å². The molecule has 31 heavy (non-hydrogen) atoms. The number of para-hydroxylation sites is 1. The highest BCUT2D eigenvalue weighted by atomic mass is 79.9. The summed E-state index contributed by atoms with van der Waals surface area (Å²) in [7, 11) is 0. The molecule has 0 bridgehead atoms. The molecule has 0 radical (unpaired) electrons. The first-order valence-electron chi connectivity index (χ1n) is 9.54. The SMILES string of the molecule is N#C/C(=C/c1cn(Cc2ccc(F)cc2)c2ccccc12)C(=O)Nc1ccc(Br)cc1.